The molecule has 2 heterocycles. The van der Waals surface area contributed by atoms with Crippen LogP contribution in [-0.4, -0.2) is 53.0 Å². The highest BCUT2D eigenvalue weighted by Gasteiger charge is 2.32. The number of aryl methyl sites for hydroxylation is 1. The van der Waals surface area contributed by atoms with Crippen LogP contribution in [0, 0.1) is 0 Å². The molecule has 4 rings (SSSR count). The summed E-state index contributed by atoms with van der Waals surface area (Å²) >= 11 is 0. The van der Waals surface area contributed by atoms with Gasteiger partial charge in [-0.15, -0.1) is 0 Å². The highest BCUT2D eigenvalue weighted by atomic mass is 19.4. The Balaban J connectivity index is 1.71. The Morgan fingerprint density at radius 2 is 1.75 bits per heavy atom. The number of likely N-dealkylation sites (N-methyl/N-ethyl adjacent to an activating group) is 1. The van der Waals surface area contributed by atoms with Crippen molar-refractivity contribution in [2.75, 3.05) is 32.7 Å². The van der Waals surface area contributed by atoms with E-state index in [-0.39, 0.29) is 12.3 Å². The number of hydrogen-bond acceptors (Lipinski definition) is 2. The molecule has 1 aliphatic heterocycles. The van der Waals surface area contributed by atoms with Gasteiger partial charge in [-0.2, -0.15) is 13.2 Å². The number of hydrogen-bond donors (Lipinski definition) is 0. The summed E-state index contributed by atoms with van der Waals surface area (Å²) in [5.41, 5.74) is 1.69. The maximum Gasteiger partial charge on any atom is 0.416 e. The standard InChI is InChI=1S/C25H28F3N3O/c1-3-30-11-13-31(14-12-30)24(32)16-21(18-7-6-8-19(15-18)25(26,27)28)22-17-29(2)23-10-5-4-9-20(22)23/h4-10,15,17,21H,3,11-14,16H2,1-2H3. The summed E-state index contributed by atoms with van der Waals surface area (Å²) in [4.78, 5) is 17.4. The van der Waals surface area contributed by atoms with Gasteiger partial charge >= 0.3 is 6.18 Å². The van der Waals surface area contributed by atoms with Crippen molar-refractivity contribution < 1.29 is 18.0 Å². The van der Waals surface area contributed by atoms with E-state index in [1.165, 1.54) is 12.1 Å². The lowest BCUT2D eigenvalue weighted by molar-refractivity contribution is -0.137. The number of nitrogens with zero attached hydrogens (tertiary/aromatic N) is 3. The summed E-state index contributed by atoms with van der Waals surface area (Å²) in [6, 6.07) is 13.2. The Morgan fingerprint density at radius 1 is 1.03 bits per heavy atom. The van der Waals surface area contributed by atoms with Gasteiger partial charge < -0.3 is 14.4 Å². The molecule has 7 heteroatoms. The van der Waals surface area contributed by atoms with Crippen LogP contribution in [0.5, 0.6) is 0 Å². The summed E-state index contributed by atoms with van der Waals surface area (Å²) in [7, 11) is 1.92. The topological polar surface area (TPSA) is 28.5 Å². The Morgan fingerprint density at radius 3 is 2.44 bits per heavy atom. The normalized spacial score (nSPS) is 16.5. The van der Waals surface area contributed by atoms with Crippen LogP contribution < -0.4 is 0 Å². The van der Waals surface area contributed by atoms with Gasteiger partial charge in [0.05, 0.1) is 5.56 Å². The Bertz CT molecular complexity index is 1100. The van der Waals surface area contributed by atoms with Crippen LogP contribution >= 0.6 is 0 Å². The average Bonchev–Trinajstić information content (AvgIpc) is 3.13. The lowest BCUT2D eigenvalue weighted by atomic mass is 9.87. The summed E-state index contributed by atoms with van der Waals surface area (Å²) < 4.78 is 42.3. The predicted octanol–water partition coefficient (Wildman–Crippen LogP) is 4.88. The predicted molar refractivity (Wildman–Crippen MR) is 120 cm³/mol. The molecule has 1 aliphatic rings. The molecule has 0 N–H and O–H groups in total. The number of fused-ring (bicyclic) bond motifs is 1. The van der Waals surface area contributed by atoms with Gasteiger partial charge in [0, 0.05) is 62.7 Å². The second-order valence-corrected chi connectivity index (χ2v) is 8.41. The van der Waals surface area contributed by atoms with Crippen molar-refractivity contribution in [1.82, 2.24) is 14.4 Å². The third-order valence-corrected chi connectivity index (χ3v) is 6.47. The van der Waals surface area contributed by atoms with E-state index >= 15 is 0 Å². The average molecular weight is 444 g/mol. The van der Waals surface area contributed by atoms with E-state index in [0.717, 1.165) is 42.2 Å². The van der Waals surface area contributed by atoms with Crippen molar-refractivity contribution in [3.63, 3.8) is 0 Å². The molecule has 1 unspecified atom stereocenters. The van der Waals surface area contributed by atoms with Crippen molar-refractivity contribution in [2.45, 2.75) is 25.4 Å². The SMILES string of the molecule is CCN1CCN(C(=O)CC(c2cccc(C(F)(F)F)c2)c2cn(C)c3ccccc23)CC1. The minimum atomic E-state index is -4.43. The maximum absolute atomic E-state index is 13.4. The van der Waals surface area contributed by atoms with Gasteiger partial charge in [0.2, 0.25) is 5.91 Å². The van der Waals surface area contributed by atoms with Crippen molar-refractivity contribution >= 4 is 16.8 Å². The molecule has 3 aromatic rings. The Kier molecular flexibility index (Phi) is 6.29. The van der Waals surface area contributed by atoms with E-state index < -0.39 is 17.7 Å². The fraction of sp³-hybridized carbons (Fsp3) is 0.400. The van der Waals surface area contributed by atoms with Crippen molar-refractivity contribution in [1.29, 1.82) is 0 Å². The quantitative estimate of drug-likeness (QED) is 0.562. The van der Waals surface area contributed by atoms with Crippen LogP contribution in [0.15, 0.2) is 54.7 Å². The largest absolute Gasteiger partial charge is 0.416 e. The number of carbonyl (C=O) groups excluding carboxylic acids is 1. The number of para-hydroxylation sites is 1. The van der Waals surface area contributed by atoms with E-state index in [1.54, 1.807) is 6.07 Å². The molecule has 0 radical (unpaired) electrons. The minimum absolute atomic E-state index is 0.0175. The molecule has 0 bridgehead atoms. The van der Waals surface area contributed by atoms with Gasteiger partial charge in [-0.1, -0.05) is 43.3 Å². The molecule has 0 saturated carbocycles. The van der Waals surface area contributed by atoms with Gasteiger partial charge in [-0.25, -0.2) is 0 Å². The maximum atomic E-state index is 13.4. The van der Waals surface area contributed by atoms with E-state index in [1.807, 2.05) is 47.0 Å². The minimum Gasteiger partial charge on any atom is -0.350 e. The van der Waals surface area contributed by atoms with Crippen LogP contribution in [0.25, 0.3) is 10.9 Å². The van der Waals surface area contributed by atoms with Crippen LogP contribution in [0.2, 0.25) is 0 Å². The molecule has 1 amide bonds. The molecule has 1 atom stereocenters. The number of halogens is 3. The fourth-order valence-corrected chi connectivity index (χ4v) is 4.61. The number of benzene rings is 2. The smallest absolute Gasteiger partial charge is 0.350 e. The first-order valence-corrected chi connectivity index (χ1v) is 11.0. The van der Waals surface area contributed by atoms with Crippen LogP contribution in [-0.2, 0) is 18.0 Å². The lowest BCUT2D eigenvalue weighted by Crippen LogP contribution is -2.48. The first-order valence-electron chi connectivity index (χ1n) is 11.0. The first-order chi connectivity index (χ1) is 15.3. The highest BCUT2D eigenvalue weighted by Crippen LogP contribution is 2.37. The second-order valence-electron chi connectivity index (χ2n) is 8.41. The van der Waals surface area contributed by atoms with E-state index in [9.17, 15) is 18.0 Å². The summed E-state index contributed by atoms with van der Waals surface area (Å²) in [6.07, 6.45) is -2.35. The molecule has 0 spiro atoms. The number of amides is 1. The third kappa shape index (κ3) is 4.53. The second kappa shape index (κ2) is 8.98. The summed E-state index contributed by atoms with van der Waals surface area (Å²) in [5, 5.41) is 0.959. The monoisotopic (exact) mass is 443 g/mol. The van der Waals surface area contributed by atoms with Gasteiger partial charge in [-0.3, -0.25) is 4.79 Å². The van der Waals surface area contributed by atoms with E-state index in [0.29, 0.717) is 18.7 Å². The number of carbonyl (C=O) groups is 1. The third-order valence-electron chi connectivity index (χ3n) is 6.47. The number of piperazine rings is 1. The van der Waals surface area contributed by atoms with Gasteiger partial charge in [0.15, 0.2) is 0 Å². The number of aromatic nitrogens is 1. The van der Waals surface area contributed by atoms with Crippen molar-refractivity contribution in [3.05, 3.63) is 71.4 Å². The molecule has 32 heavy (non-hydrogen) atoms. The number of rotatable bonds is 5. The Hall–Kier alpha value is -2.80. The van der Waals surface area contributed by atoms with Crippen LogP contribution in [0.3, 0.4) is 0 Å². The van der Waals surface area contributed by atoms with Gasteiger partial charge in [0.25, 0.3) is 0 Å². The summed E-state index contributed by atoms with van der Waals surface area (Å²) in [6.45, 7) is 6.00. The molecule has 2 aromatic carbocycles. The summed E-state index contributed by atoms with van der Waals surface area (Å²) in [5.74, 6) is -0.476. The molecule has 1 fully saturated rings. The van der Waals surface area contributed by atoms with E-state index in [4.69, 9.17) is 0 Å². The van der Waals surface area contributed by atoms with Gasteiger partial charge in [0.1, 0.15) is 0 Å². The zero-order valence-electron chi connectivity index (χ0n) is 18.4. The molecule has 0 aliphatic carbocycles. The van der Waals surface area contributed by atoms with Crippen LogP contribution in [0.4, 0.5) is 13.2 Å². The Labute approximate surface area is 186 Å². The van der Waals surface area contributed by atoms with E-state index in [2.05, 4.69) is 11.8 Å². The first kappa shape index (κ1) is 22.4. The molecular weight excluding hydrogens is 415 g/mol. The molecule has 1 saturated heterocycles. The van der Waals surface area contributed by atoms with Crippen molar-refractivity contribution in [3.8, 4) is 0 Å². The fourth-order valence-electron chi connectivity index (χ4n) is 4.61. The zero-order valence-corrected chi connectivity index (χ0v) is 18.4. The molecule has 170 valence electrons. The molecular formula is C25H28F3N3O. The zero-order chi connectivity index (χ0) is 22.9. The van der Waals surface area contributed by atoms with Crippen LogP contribution in [0.1, 0.15) is 36.0 Å². The molecule has 4 nitrogen and oxygen atoms in total. The highest BCUT2D eigenvalue weighted by molar-refractivity contribution is 5.86. The van der Waals surface area contributed by atoms with Crippen molar-refractivity contribution in [2.24, 2.45) is 7.05 Å². The number of alkyl halides is 3. The lowest BCUT2D eigenvalue weighted by Gasteiger charge is -2.35. The molecule has 1 aromatic heterocycles. The van der Waals surface area contributed by atoms with Gasteiger partial charge in [-0.05, 0) is 29.8 Å².